The molecule has 0 saturated carbocycles. The van der Waals surface area contributed by atoms with Crippen molar-refractivity contribution in [1.29, 1.82) is 0 Å². The van der Waals surface area contributed by atoms with Crippen molar-refractivity contribution >= 4 is 40.0 Å². The number of hydrogen-bond acceptors (Lipinski definition) is 4. The summed E-state index contributed by atoms with van der Waals surface area (Å²) in [7, 11) is -4.54. The highest BCUT2D eigenvalue weighted by Gasteiger charge is 2.40. The van der Waals surface area contributed by atoms with Crippen LogP contribution in [0, 0.1) is 0 Å². The summed E-state index contributed by atoms with van der Waals surface area (Å²) in [5, 5.41) is -0.133. The molecule has 0 aliphatic heterocycles. The van der Waals surface area contributed by atoms with Gasteiger partial charge in [-0.05, 0) is 143 Å². The molecule has 2 N–H and O–H groups in total. The van der Waals surface area contributed by atoms with Crippen LogP contribution in [-0.4, -0.2) is 32.5 Å². The predicted molar refractivity (Wildman–Crippen MR) is 231 cm³/mol. The van der Waals surface area contributed by atoms with Gasteiger partial charge < -0.3 is 14.5 Å². The largest absolute Gasteiger partial charge is 0.432 e. The Kier molecular flexibility index (Phi) is 11.9. The molecule has 53 heavy (non-hydrogen) atoms. The fraction of sp³-hybridized carbons (Fsp3) is 0.340. The Bertz CT molecular complexity index is 1830. The molecular formula is C47H59NO3Si2. The maximum atomic E-state index is 11.5. The summed E-state index contributed by atoms with van der Waals surface area (Å²) < 4.78 is 0. The highest BCUT2D eigenvalue weighted by molar-refractivity contribution is 6.73. The van der Waals surface area contributed by atoms with Crippen molar-refractivity contribution in [2.75, 3.05) is 4.90 Å². The molecule has 278 valence electrons. The summed E-state index contributed by atoms with van der Waals surface area (Å²) >= 11 is 0. The standard InChI is InChI=1S/C47H59NO3Si2/c1-34(31-46(3,4)52(7,8)50)37-13-17-39(18-14-37)41-21-27-44(28-22-41)48(43-25-11-36(33-49)12-26-43)45-29-23-42(24-30-45)40-19-15-38(16-20-40)35(2)32-47(5,6)53(9,10)51/h11-30,33-35,50-51H,31-32H2,1-10H3. The van der Waals surface area contributed by atoms with E-state index in [1.807, 2.05) is 50.5 Å². The smallest absolute Gasteiger partial charge is 0.188 e. The molecule has 0 heterocycles. The van der Waals surface area contributed by atoms with Crippen molar-refractivity contribution in [1.82, 2.24) is 0 Å². The number of rotatable bonds is 14. The van der Waals surface area contributed by atoms with Crippen molar-refractivity contribution in [3.05, 3.63) is 138 Å². The van der Waals surface area contributed by atoms with Gasteiger partial charge in [-0.15, -0.1) is 0 Å². The van der Waals surface area contributed by atoms with Crippen LogP contribution in [0.15, 0.2) is 121 Å². The van der Waals surface area contributed by atoms with Crippen molar-refractivity contribution < 1.29 is 14.4 Å². The van der Waals surface area contributed by atoms with Gasteiger partial charge in [0.2, 0.25) is 0 Å². The Morgan fingerprint density at radius 3 is 1.04 bits per heavy atom. The zero-order valence-electron chi connectivity index (χ0n) is 33.4. The first kappa shape index (κ1) is 40.1. The average molecular weight is 742 g/mol. The van der Waals surface area contributed by atoms with Gasteiger partial charge in [0.1, 0.15) is 6.29 Å². The van der Waals surface area contributed by atoms with Crippen molar-refractivity contribution in [2.24, 2.45) is 0 Å². The molecule has 2 atom stereocenters. The van der Waals surface area contributed by atoms with Crippen LogP contribution in [-0.2, 0) is 0 Å². The first-order chi connectivity index (χ1) is 24.8. The van der Waals surface area contributed by atoms with E-state index in [1.165, 1.54) is 11.1 Å². The fourth-order valence-corrected chi connectivity index (χ4v) is 8.64. The number of carbonyl (C=O) groups is 1. The van der Waals surface area contributed by atoms with E-state index in [2.05, 4.69) is 144 Å². The summed E-state index contributed by atoms with van der Waals surface area (Å²) in [6.45, 7) is 21.5. The number of carbonyl (C=O) groups excluding carboxylic acids is 1. The van der Waals surface area contributed by atoms with E-state index in [0.29, 0.717) is 17.4 Å². The summed E-state index contributed by atoms with van der Waals surface area (Å²) in [5.74, 6) is 0.719. The summed E-state index contributed by atoms with van der Waals surface area (Å²) in [6, 6.07) is 42.8. The van der Waals surface area contributed by atoms with Gasteiger partial charge in [-0.2, -0.15) is 0 Å². The van der Waals surface area contributed by atoms with Crippen LogP contribution in [0.5, 0.6) is 0 Å². The summed E-state index contributed by atoms with van der Waals surface area (Å²) in [5.41, 5.74) is 10.9. The van der Waals surface area contributed by atoms with E-state index in [-0.39, 0.29) is 10.1 Å². The summed E-state index contributed by atoms with van der Waals surface area (Å²) in [4.78, 5) is 35.3. The molecule has 2 unspecified atom stereocenters. The highest BCUT2D eigenvalue weighted by Crippen LogP contribution is 2.45. The molecule has 5 rings (SSSR count). The maximum absolute atomic E-state index is 11.5. The second-order valence-electron chi connectivity index (χ2n) is 17.5. The van der Waals surface area contributed by atoms with Gasteiger partial charge >= 0.3 is 0 Å². The van der Waals surface area contributed by atoms with Gasteiger partial charge in [0.15, 0.2) is 16.6 Å². The number of anilines is 3. The SMILES string of the molecule is CC(CC(C)(C)[Si](C)(C)O)c1ccc(-c2ccc(N(c3ccc(C=O)cc3)c3ccc(-c4ccc(C(C)CC(C)(C)[Si](C)(C)O)cc4)cc3)cc2)cc1. The molecule has 5 aromatic rings. The molecule has 6 heteroatoms. The molecule has 0 saturated heterocycles. The molecule has 0 aliphatic carbocycles. The third-order valence-electron chi connectivity index (χ3n) is 12.1. The van der Waals surface area contributed by atoms with Gasteiger partial charge in [-0.3, -0.25) is 4.79 Å². The normalized spacial score (nSPS) is 13.7. The highest BCUT2D eigenvalue weighted by atomic mass is 28.4. The Labute approximate surface area is 320 Å². The van der Waals surface area contributed by atoms with Crippen LogP contribution in [0.25, 0.3) is 22.3 Å². The van der Waals surface area contributed by atoms with Crippen LogP contribution in [0.3, 0.4) is 0 Å². The maximum Gasteiger partial charge on any atom is 0.188 e. The molecule has 0 aliphatic rings. The van der Waals surface area contributed by atoms with E-state index in [4.69, 9.17) is 0 Å². The second-order valence-corrected chi connectivity index (χ2v) is 26.4. The molecular weight excluding hydrogens is 683 g/mol. The minimum atomic E-state index is -2.27. The van der Waals surface area contributed by atoms with E-state index < -0.39 is 16.6 Å². The van der Waals surface area contributed by atoms with Crippen LogP contribution in [0.4, 0.5) is 17.1 Å². The molecule has 0 radical (unpaired) electrons. The monoisotopic (exact) mass is 741 g/mol. The van der Waals surface area contributed by atoms with Crippen molar-refractivity contribution in [3.63, 3.8) is 0 Å². The zero-order chi connectivity index (χ0) is 38.8. The Hall–Kier alpha value is -4.08. The first-order valence-corrected chi connectivity index (χ1v) is 24.9. The quantitative estimate of drug-likeness (QED) is 0.0879. The van der Waals surface area contributed by atoms with Gasteiger partial charge in [-0.1, -0.05) is 114 Å². The van der Waals surface area contributed by atoms with Crippen LogP contribution in [0.2, 0.25) is 36.3 Å². The first-order valence-electron chi connectivity index (χ1n) is 19.0. The van der Waals surface area contributed by atoms with Crippen molar-refractivity contribution in [3.8, 4) is 22.3 Å². The minimum absolute atomic E-state index is 0.0664. The third kappa shape index (κ3) is 9.36. The zero-order valence-corrected chi connectivity index (χ0v) is 35.4. The fourth-order valence-electron chi connectivity index (χ4n) is 7.03. The molecule has 0 fully saturated rings. The van der Waals surface area contributed by atoms with Gasteiger partial charge in [-0.25, -0.2) is 0 Å². The Morgan fingerprint density at radius 2 is 0.774 bits per heavy atom. The third-order valence-corrected chi connectivity index (χ3v) is 19.1. The van der Waals surface area contributed by atoms with Gasteiger partial charge in [0.05, 0.1) is 0 Å². The lowest BCUT2D eigenvalue weighted by Gasteiger charge is -2.37. The number of aldehydes is 1. The molecule has 5 aromatic carbocycles. The van der Waals surface area contributed by atoms with E-state index in [9.17, 15) is 14.4 Å². The van der Waals surface area contributed by atoms with E-state index in [0.717, 1.165) is 58.4 Å². The Morgan fingerprint density at radius 1 is 0.509 bits per heavy atom. The predicted octanol–water partition coefficient (Wildman–Crippen LogP) is 13.2. The van der Waals surface area contributed by atoms with E-state index >= 15 is 0 Å². The lowest BCUT2D eigenvalue weighted by atomic mass is 9.90. The molecule has 4 nitrogen and oxygen atoms in total. The molecule has 0 spiro atoms. The number of hydrogen-bond donors (Lipinski definition) is 2. The average Bonchev–Trinajstić information content (AvgIpc) is 3.11. The van der Waals surface area contributed by atoms with Crippen molar-refractivity contribution in [2.45, 2.75) is 102 Å². The van der Waals surface area contributed by atoms with Crippen LogP contribution < -0.4 is 4.90 Å². The molecule has 0 bridgehead atoms. The van der Waals surface area contributed by atoms with Gasteiger partial charge in [0, 0.05) is 22.6 Å². The van der Waals surface area contributed by atoms with E-state index in [1.54, 1.807) is 0 Å². The molecule has 0 aromatic heterocycles. The number of nitrogens with zero attached hydrogens (tertiary/aromatic N) is 1. The summed E-state index contributed by atoms with van der Waals surface area (Å²) in [6.07, 6.45) is 2.79. The minimum Gasteiger partial charge on any atom is -0.432 e. The second kappa shape index (κ2) is 15.7. The van der Waals surface area contributed by atoms with Crippen LogP contribution >= 0.6 is 0 Å². The lowest BCUT2D eigenvalue weighted by Crippen LogP contribution is -2.39. The topological polar surface area (TPSA) is 60.8 Å². The molecule has 0 amide bonds. The van der Waals surface area contributed by atoms with Gasteiger partial charge in [0.25, 0.3) is 0 Å². The number of benzene rings is 5. The lowest BCUT2D eigenvalue weighted by molar-refractivity contribution is 0.112. The van der Waals surface area contributed by atoms with Crippen LogP contribution in [0.1, 0.15) is 87.7 Å². The Balaban J connectivity index is 1.37.